The Kier molecular flexibility index (Phi) is 7.22. The molecular weight excluding hydrogens is 378 g/mol. The lowest BCUT2D eigenvalue weighted by Crippen LogP contribution is -2.19. The second-order valence-electron chi connectivity index (χ2n) is 7.12. The number of carboxylic acids is 1. The van der Waals surface area contributed by atoms with Crippen molar-refractivity contribution in [3.8, 4) is 5.75 Å². The third-order valence-corrected chi connectivity index (χ3v) is 4.88. The predicted molar refractivity (Wildman–Crippen MR) is 117 cm³/mol. The van der Waals surface area contributed by atoms with E-state index < -0.39 is 5.97 Å². The summed E-state index contributed by atoms with van der Waals surface area (Å²) in [5.74, 6) is -0.582. The third kappa shape index (κ3) is 5.95. The highest BCUT2D eigenvalue weighted by molar-refractivity contribution is 5.96. The van der Waals surface area contributed by atoms with Gasteiger partial charge in [0.15, 0.2) is 0 Å². The van der Waals surface area contributed by atoms with Crippen molar-refractivity contribution in [2.45, 2.75) is 32.3 Å². The molecule has 0 heterocycles. The van der Waals surface area contributed by atoms with Crippen molar-refractivity contribution in [1.29, 1.82) is 0 Å². The van der Waals surface area contributed by atoms with Gasteiger partial charge in [-0.25, -0.2) is 0 Å². The first kappa shape index (κ1) is 21.1. The maximum atomic E-state index is 12.7. The number of nitrogens with one attached hydrogen (secondary N) is 1. The molecule has 3 aromatic carbocycles. The quantitative estimate of drug-likeness (QED) is 0.526. The van der Waals surface area contributed by atoms with Crippen LogP contribution in [0.4, 0.5) is 5.69 Å². The zero-order valence-corrected chi connectivity index (χ0v) is 16.9. The Bertz CT molecular complexity index is 984. The summed E-state index contributed by atoms with van der Waals surface area (Å²) < 4.78 is 5.94. The van der Waals surface area contributed by atoms with E-state index in [1.54, 1.807) is 0 Å². The molecule has 0 saturated carbocycles. The first-order valence-corrected chi connectivity index (χ1v) is 9.90. The van der Waals surface area contributed by atoms with Gasteiger partial charge in [0.2, 0.25) is 5.91 Å². The fourth-order valence-corrected chi connectivity index (χ4v) is 3.04. The first-order valence-electron chi connectivity index (χ1n) is 9.90. The second-order valence-corrected chi connectivity index (χ2v) is 7.12. The smallest absolute Gasteiger partial charge is 0.303 e. The van der Waals surface area contributed by atoms with E-state index in [4.69, 9.17) is 9.84 Å². The molecule has 0 aliphatic heterocycles. The molecule has 5 nitrogen and oxygen atoms in total. The molecule has 30 heavy (non-hydrogen) atoms. The molecule has 1 unspecified atom stereocenters. The topological polar surface area (TPSA) is 75.6 Å². The number of carbonyl (C=O) groups excluding carboxylic acids is 1. The van der Waals surface area contributed by atoms with Crippen LogP contribution in [0.5, 0.6) is 5.75 Å². The van der Waals surface area contributed by atoms with Gasteiger partial charge in [-0.1, -0.05) is 66.7 Å². The highest BCUT2D eigenvalue weighted by Crippen LogP contribution is 2.27. The number of amides is 1. The average Bonchev–Trinajstić information content (AvgIpc) is 2.77. The van der Waals surface area contributed by atoms with Gasteiger partial charge < -0.3 is 15.2 Å². The number of aryl methyl sites for hydroxylation is 1. The Labute approximate surface area is 176 Å². The fourth-order valence-electron chi connectivity index (χ4n) is 3.04. The standard InChI is InChI=1S/C25H25NO4/c1-18(21-7-3-2-4-8-21)25(29)26-22-9-5-6-10-23(22)30-17-20-13-11-19(12-14-20)15-16-24(27)28/h2-14,18H,15-17H2,1H3,(H,26,29)(H,27,28). The van der Waals surface area contributed by atoms with E-state index in [-0.39, 0.29) is 18.2 Å². The van der Waals surface area contributed by atoms with E-state index in [0.29, 0.717) is 24.5 Å². The Morgan fingerprint density at radius 3 is 2.23 bits per heavy atom. The van der Waals surface area contributed by atoms with Crippen LogP contribution in [0.3, 0.4) is 0 Å². The molecule has 0 bridgehead atoms. The molecule has 0 saturated heterocycles. The Hall–Kier alpha value is -3.60. The average molecular weight is 403 g/mol. The number of benzene rings is 3. The van der Waals surface area contributed by atoms with Crippen molar-refractivity contribution >= 4 is 17.6 Å². The van der Waals surface area contributed by atoms with Crippen LogP contribution in [-0.2, 0) is 22.6 Å². The number of carboxylic acid groups (broad SMARTS) is 1. The monoisotopic (exact) mass is 403 g/mol. The minimum atomic E-state index is -0.803. The van der Waals surface area contributed by atoms with Gasteiger partial charge in [0.25, 0.3) is 0 Å². The van der Waals surface area contributed by atoms with E-state index in [2.05, 4.69) is 5.32 Å². The fraction of sp³-hybridized carbons (Fsp3) is 0.200. The van der Waals surface area contributed by atoms with Crippen LogP contribution in [0.15, 0.2) is 78.9 Å². The van der Waals surface area contributed by atoms with Gasteiger partial charge in [-0.3, -0.25) is 9.59 Å². The Balaban J connectivity index is 1.61. The Morgan fingerprint density at radius 1 is 0.900 bits per heavy atom. The molecule has 0 aromatic heterocycles. The molecule has 3 aromatic rings. The molecule has 0 aliphatic carbocycles. The van der Waals surface area contributed by atoms with Crippen molar-refractivity contribution in [2.75, 3.05) is 5.32 Å². The molecule has 0 spiro atoms. The molecular formula is C25H25NO4. The summed E-state index contributed by atoms with van der Waals surface area (Å²) in [5, 5.41) is 11.7. The molecule has 0 fully saturated rings. The van der Waals surface area contributed by atoms with Gasteiger partial charge in [-0.2, -0.15) is 0 Å². The minimum Gasteiger partial charge on any atom is -0.487 e. The number of para-hydroxylation sites is 2. The van der Waals surface area contributed by atoms with Gasteiger partial charge in [0, 0.05) is 6.42 Å². The lowest BCUT2D eigenvalue weighted by Gasteiger charge is -2.16. The summed E-state index contributed by atoms with van der Waals surface area (Å²) in [6.07, 6.45) is 0.620. The molecule has 0 aliphatic rings. The largest absolute Gasteiger partial charge is 0.487 e. The summed E-state index contributed by atoms with van der Waals surface area (Å²) >= 11 is 0. The predicted octanol–water partition coefficient (Wildman–Crippen LogP) is 5.03. The van der Waals surface area contributed by atoms with E-state index in [0.717, 1.165) is 16.7 Å². The van der Waals surface area contributed by atoms with E-state index in [1.807, 2.05) is 85.8 Å². The van der Waals surface area contributed by atoms with Gasteiger partial charge in [-0.05, 0) is 42.2 Å². The molecule has 154 valence electrons. The zero-order valence-electron chi connectivity index (χ0n) is 16.9. The summed E-state index contributed by atoms with van der Waals surface area (Å²) in [6.45, 7) is 2.22. The summed E-state index contributed by atoms with van der Waals surface area (Å²) in [4.78, 5) is 23.4. The number of anilines is 1. The van der Waals surface area contributed by atoms with Crippen molar-refractivity contribution in [3.05, 3.63) is 95.6 Å². The lowest BCUT2D eigenvalue weighted by molar-refractivity contribution is -0.137. The van der Waals surface area contributed by atoms with Crippen molar-refractivity contribution in [3.63, 3.8) is 0 Å². The second kappa shape index (κ2) is 10.3. The number of rotatable bonds is 9. The van der Waals surface area contributed by atoms with E-state index >= 15 is 0 Å². The number of carbonyl (C=O) groups is 2. The highest BCUT2D eigenvalue weighted by Gasteiger charge is 2.16. The van der Waals surface area contributed by atoms with Crippen molar-refractivity contribution < 1.29 is 19.4 Å². The SMILES string of the molecule is CC(C(=O)Nc1ccccc1OCc1ccc(CCC(=O)O)cc1)c1ccccc1. The van der Waals surface area contributed by atoms with Crippen LogP contribution in [0.1, 0.15) is 36.0 Å². The van der Waals surface area contributed by atoms with Crippen molar-refractivity contribution in [1.82, 2.24) is 0 Å². The number of hydrogen-bond acceptors (Lipinski definition) is 3. The highest BCUT2D eigenvalue weighted by atomic mass is 16.5. The van der Waals surface area contributed by atoms with Crippen LogP contribution in [0, 0.1) is 0 Å². The summed E-state index contributed by atoms with van der Waals surface area (Å²) in [6, 6.07) is 24.7. The van der Waals surface area contributed by atoms with Crippen LogP contribution >= 0.6 is 0 Å². The third-order valence-electron chi connectivity index (χ3n) is 4.88. The van der Waals surface area contributed by atoms with Gasteiger partial charge >= 0.3 is 5.97 Å². The molecule has 5 heteroatoms. The van der Waals surface area contributed by atoms with Crippen LogP contribution in [-0.4, -0.2) is 17.0 Å². The van der Waals surface area contributed by atoms with Gasteiger partial charge in [0.05, 0.1) is 11.6 Å². The summed E-state index contributed by atoms with van der Waals surface area (Å²) in [5.41, 5.74) is 3.52. The number of ether oxygens (including phenoxy) is 1. The molecule has 1 amide bonds. The van der Waals surface area contributed by atoms with Crippen LogP contribution in [0.2, 0.25) is 0 Å². The summed E-state index contributed by atoms with van der Waals surface area (Å²) in [7, 11) is 0. The lowest BCUT2D eigenvalue weighted by atomic mass is 10.0. The first-order chi connectivity index (χ1) is 14.5. The van der Waals surface area contributed by atoms with Gasteiger partial charge in [-0.15, -0.1) is 0 Å². The van der Waals surface area contributed by atoms with E-state index in [9.17, 15) is 9.59 Å². The minimum absolute atomic E-state index is 0.0972. The Morgan fingerprint density at radius 2 is 1.53 bits per heavy atom. The maximum Gasteiger partial charge on any atom is 0.303 e. The number of hydrogen-bond donors (Lipinski definition) is 2. The van der Waals surface area contributed by atoms with Crippen LogP contribution < -0.4 is 10.1 Å². The number of aliphatic carboxylic acids is 1. The maximum absolute atomic E-state index is 12.7. The van der Waals surface area contributed by atoms with Gasteiger partial charge in [0.1, 0.15) is 12.4 Å². The molecule has 2 N–H and O–H groups in total. The van der Waals surface area contributed by atoms with E-state index in [1.165, 1.54) is 0 Å². The molecule has 3 rings (SSSR count). The normalized spacial score (nSPS) is 11.5. The molecule has 0 radical (unpaired) electrons. The van der Waals surface area contributed by atoms with Crippen molar-refractivity contribution in [2.24, 2.45) is 0 Å². The molecule has 1 atom stereocenters. The van der Waals surface area contributed by atoms with Crippen LogP contribution in [0.25, 0.3) is 0 Å². The zero-order chi connectivity index (χ0) is 21.3.